The maximum atomic E-state index is 15.1. The van der Waals surface area contributed by atoms with E-state index in [1.54, 1.807) is 50.4 Å². The maximum Gasteiger partial charge on any atom is 0.257 e. The second-order valence-corrected chi connectivity index (χ2v) is 13.0. The number of methoxy groups -OCH3 is 1. The van der Waals surface area contributed by atoms with Crippen molar-refractivity contribution in [3.05, 3.63) is 105 Å². The second-order valence-electron chi connectivity index (χ2n) is 10.8. The zero-order valence-electron chi connectivity index (χ0n) is 25.0. The molecule has 3 N–H and O–H groups in total. The molecule has 0 bridgehead atoms. The molecule has 1 aromatic heterocycles. The summed E-state index contributed by atoms with van der Waals surface area (Å²) in [4.78, 5) is 27.6. The number of rotatable bonds is 11. The highest BCUT2D eigenvalue weighted by atomic mass is 32.2. The van der Waals surface area contributed by atoms with E-state index in [4.69, 9.17) is 4.74 Å². The average Bonchev–Trinajstić information content (AvgIpc) is 3.89. The Morgan fingerprint density at radius 1 is 1.02 bits per heavy atom. The molecular weight excluding hydrogens is 583 g/mol. The summed E-state index contributed by atoms with van der Waals surface area (Å²) in [7, 11) is -0.414. The van der Waals surface area contributed by atoms with Gasteiger partial charge in [-0.25, -0.2) is 12.8 Å². The molecule has 0 radical (unpaired) electrons. The van der Waals surface area contributed by atoms with Gasteiger partial charge in [-0.05, 0) is 79.8 Å². The molecule has 0 aliphatic heterocycles. The number of aromatic nitrogens is 1. The van der Waals surface area contributed by atoms with Crippen LogP contribution in [0, 0.1) is 12.7 Å². The third kappa shape index (κ3) is 6.33. The lowest BCUT2D eigenvalue weighted by Crippen LogP contribution is -2.31. The Balaban J connectivity index is 1.59. The molecule has 4 aromatic rings. The van der Waals surface area contributed by atoms with Crippen LogP contribution in [-0.4, -0.2) is 31.3 Å². The molecule has 5 rings (SSSR count). The van der Waals surface area contributed by atoms with Gasteiger partial charge in [0.05, 0.1) is 28.6 Å². The molecular formula is C33H35FN4O5S. The highest BCUT2D eigenvalue weighted by Crippen LogP contribution is 2.36. The molecule has 3 aromatic carbocycles. The highest BCUT2D eigenvalue weighted by Gasteiger charge is 2.37. The molecule has 0 spiro atoms. The summed E-state index contributed by atoms with van der Waals surface area (Å²) in [6, 6.07) is 18.3. The molecule has 9 nitrogen and oxygen atoms in total. The van der Waals surface area contributed by atoms with Crippen LogP contribution in [0.5, 0.6) is 5.75 Å². The van der Waals surface area contributed by atoms with Crippen LogP contribution in [0.15, 0.2) is 76.4 Å². The number of nitrogens with zero attached hydrogens (tertiary/aromatic N) is 1. The van der Waals surface area contributed by atoms with E-state index in [0.717, 1.165) is 11.1 Å². The number of anilines is 4. The molecule has 1 fully saturated rings. The minimum absolute atomic E-state index is 0.0625. The van der Waals surface area contributed by atoms with Crippen LogP contribution < -0.4 is 26.2 Å². The van der Waals surface area contributed by atoms with E-state index in [1.807, 2.05) is 19.1 Å². The zero-order valence-corrected chi connectivity index (χ0v) is 25.8. The van der Waals surface area contributed by atoms with Gasteiger partial charge in [-0.15, -0.1) is 0 Å². The number of pyridine rings is 1. The standard InChI is InChI=1S/C33H35FN4O5S/c1-5-21-11-16-28(27(34)17-21)37-31-29(32(39)35-19-22-9-12-24(43-4)13-10-22)30(20(2)33(40)38(31)3)36-23-7-6-8-26(18-23)44(41,42)25-14-15-25/h6-13,16-18,25,36-37H,5,14-15,19H2,1-4H3,(H,35,39). The van der Waals surface area contributed by atoms with Gasteiger partial charge in [0.15, 0.2) is 9.84 Å². The van der Waals surface area contributed by atoms with E-state index in [1.165, 1.54) is 29.8 Å². The van der Waals surface area contributed by atoms with Crippen molar-refractivity contribution < 1.29 is 22.3 Å². The van der Waals surface area contributed by atoms with Crippen molar-refractivity contribution in [1.82, 2.24) is 9.88 Å². The van der Waals surface area contributed by atoms with Crippen LogP contribution >= 0.6 is 0 Å². The van der Waals surface area contributed by atoms with Crippen molar-refractivity contribution in [2.45, 2.75) is 49.8 Å². The fourth-order valence-electron chi connectivity index (χ4n) is 4.94. The van der Waals surface area contributed by atoms with Crippen LogP contribution in [0.2, 0.25) is 0 Å². The highest BCUT2D eigenvalue weighted by molar-refractivity contribution is 7.92. The molecule has 1 aliphatic carbocycles. The fourth-order valence-corrected chi connectivity index (χ4v) is 6.65. The molecule has 1 amide bonds. The predicted molar refractivity (Wildman–Crippen MR) is 170 cm³/mol. The predicted octanol–water partition coefficient (Wildman–Crippen LogP) is 5.76. The van der Waals surface area contributed by atoms with E-state index in [2.05, 4.69) is 16.0 Å². The molecule has 11 heteroatoms. The van der Waals surface area contributed by atoms with E-state index >= 15 is 4.39 Å². The molecule has 1 heterocycles. The third-order valence-corrected chi connectivity index (χ3v) is 10.0. The molecule has 0 atom stereocenters. The number of aryl methyl sites for hydroxylation is 1. The number of halogens is 1. The van der Waals surface area contributed by atoms with Gasteiger partial charge >= 0.3 is 0 Å². The summed E-state index contributed by atoms with van der Waals surface area (Å²) in [5.74, 6) is -0.319. The topological polar surface area (TPSA) is 119 Å². The van der Waals surface area contributed by atoms with Gasteiger partial charge in [-0.2, -0.15) is 0 Å². The fraction of sp³-hybridized carbons (Fsp3) is 0.273. The van der Waals surface area contributed by atoms with Crippen molar-refractivity contribution in [3.63, 3.8) is 0 Å². The number of sulfone groups is 1. The van der Waals surface area contributed by atoms with E-state index in [9.17, 15) is 18.0 Å². The maximum absolute atomic E-state index is 15.1. The second kappa shape index (κ2) is 12.5. The van der Waals surface area contributed by atoms with Crippen LogP contribution in [-0.2, 0) is 29.9 Å². The first-order valence-electron chi connectivity index (χ1n) is 14.3. The molecule has 230 valence electrons. The first-order valence-corrected chi connectivity index (χ1v) is 15.9. The molecule has 44 heavy (non-hydrogen) atoms. The van der Waals surface area contributed by atoms with Crippen LogP contribution in [0.3, 0.4) is 0 Å². The van der Waals surface area contributed by atoms with Crippen LogP contribution in [0.1, 0.15) is 46.8 Å². The van der Waals surface area contributed by atoms with Gasteiger partial charge in [0.25, 0.3) is 11.5 Å². The monoisotopic (exact) mass is 618 g/mol. The van der Waals surface area contributed by atoms with Crippen molar-refractivity contribution in [1.29, 1.82) is 0 Å². The van der Waals surface area contributed by atoms with Crippen molar-refractivity contribution in [3.8, 4) is 5.75 Å². The number of nitrogens with one attached hydrogen (secondary N) is 3. The summed E-state index contributed by atoms with van der Waals surface area (Å²) in [6.07, 6.45) is 1.89. The third-order valence-electron chi connectivity index (χ3n) is 7.75. The Morgan fingerprint density at radius 3 is 2.36 bits per heavy atom. The number of amides is 1. The molecule has 0 unspecified atom stereocenters. The molecule has 0 saturated heterocycles. The first-order chi connectivity index (χ1) is 21.0. The average molecular weight is 619 g/mol. The quantitative estimate of drug-likeness (QED) is 0.196. The number of carbonyl (C=O) groups is 1. The number of carbonyl (C=O) groups excluding carboxylic acids is 1. The van der Waals surface area contributed by atoms with Gasteiger partial charge < -0.3 is 20.7 Å². The van der Waals surface area contributed by atoms with Gasteiger partial charge in [-0.1, -0.05) is 31.2 Å². The lowest BCUT2D eigenvalue weighted by Gasteiger charge is -2.22. The number of hydrogen-bond acceptors (Lipinski definition) is 7. The lowest BCUT2D eigenvalue weighted by atomic mass is 10.1. The summed E-state index contributed by atoms with van der Waals surface area (Å²) in [6.45, 7) is 3.66. The Hall–Kier alpha value is -4.64. The Labute approximate surface area is 256 Å². The van der Waals surface area contributed by atoms with Gasteiger partial charge in [0.2, 0.25) is 0 Å². The SMILES string of the molecule is CCc1ccc(Nc2c(C(=O)NCc3ccc(OC)cc3)c(Nc3cccc(S(=O)(=O)C4CC4)c3)c(C)c(=O)n2C)c(F)c1. The normalized spacial score (nSPS) is 12.9. The molecule has 1 saturated carbocycles. The minimum atomic E-state index is -3.48. The zero-order chi connectivity index (χ0) is 31.6. The minimum Gasteiger partial charge on any atom is -0.497 e. The van der Waals surface area contributed by atoms with Gasteiger partial charge in [-0.3, -0.25) is 14.2 Å². The Kier molecular flexibility index (Phi) is 8.78. The van der Waals surface area contributed by atoms with Crippen molar-refractivity contribution in [2.24, 2.45) is 7.05 Å². The molecule has 1 aliphatic rings. The van der Waals surface area contributed by atoms with Crippen LogP contribution in [0.25, 0.3) is 0 Å². The first kappa shape index (κ1) is 30.8. The summed E-state index contributed by atoms with van der Waals surface area (Å²) in [5, 5.41) is 8.64. The van der Waals surface area contributed by atoms with E-state index < -0.39 is 32.4 Å². The van der Waals surface area contributed by atoms with Crippen molar-refractivity contribution in [2.75, 3.05) is 17.7 Å². The van der Waals surface area contributed by atoms with Gasteiger partial charge in [0, 0.05) is 24.8 Å². The Morgan fingerprint density at radius 2 is 1.73 bits per heavy atom. The smallest absolute Gasteiger partial charge is 0.257 e. The number of ether oxygens (including phenoxy) is 1. The van der Waals surface area contributed by atoms with Crippen LogP contribution in [0.4, 0.5) is 27.3 Å². The van der Waals surface area contributed by atoms with E-state index in [0.29, 0.717) is 30.7 Å². The van der Waals surface area contributed by atoms with Crippen molar-refractivity contribution >= 4 is 38.6 Å². The number of hydrogen-bond donors (Lipinski definition) is 3. The summed E-state index contributed by atoms with van der Waals surface area (Å²) < 4.78 is 47.5. The number of benzene rings is 3. The summed E-state index contributed by atoms with van der Waals surface area (Å²) >= 11 is 0. The summed E-state index contributed by atoms with van der Waals surface area (Å²) in [5.41, 5.74) is 2.13. The van der Waals surface area contributed by atoms with E-state index in [-0.39, 0.29) is 39.8 Å². The van der Waals surface area contributed by atoms with Gasteiger partial charge in [0.1, 0.15) is 22.9 Å². The Bertz CT molecular complexity index is 1880. The lowest BCUT2D eigenvalue weighted by molar-refractivity contribution is 0.0952. The largest absolute Gasteiger partial charge is 0.497 e.